The van der Waals surface area contributed by atoms with Crippen molar-refractivity contribution in [3.8, 4) is 5.69 Å². The summed E-state index contributed by atoms with van der Waals surface area (Å²) in [7, 11) is 0. The Balaban J connectivity index is 2.59. The molecule has 1 aromatic heterocycles. The highest BCUT2D eigenvalue weighted by molar-refractivity contribution is 7.98. The van der Waals surface area contributed by atoms with Crippen LogP contribution in [0.25, 0.3) is 5.69 Å². The molecule has 1 amide bonds. The molecule has 2 rings (SSSR count). The van der Waals surface area contributed by atoms with Crippen molar-refractivity contribution in [2.24, 2.45) is 5.73 Å². The topological polar surface area (TPSA) is 86.9 Å². The molecule has 0 aliphatic carbocycles. The highest BCUT2D eigenvalue weighted by atomic mass is 35.5. The zero-order valence-electron chi connectivity index (χ0n) is 9.55. The number of halogens is 1. The van der Waals surface area contributed by atoms with E-state index in [0.29, 0.717) is 10.0 Å². The van der Waals surface area contributed by atoms with Crippen LogP contribution in [0.1, 0.15) is 10.4 Å². The van der Waals surface area contributed by atoms with Gasteiger partial charge in [0.05, 0.1) is 5.69 Å². The van der Waals surface area contributed by atoms with Gasteiger partial charge in [-0.25, -0.2) is 4.68 Å². The molecule has 0 unspecified atom stereocenters. The molecule has 1 aromatic carbocycles. The van der Waals surface area contributed by atoms with E-state index in [1.165, 1.54) is 16.4 Å². The van der Waals surface area contributed by atoms with Gasteiger partial charge in [-0.1, -0.05) is 11.6 Å². The van der Waals surface area contributed by atoms with Crippen molar-refractivity contribution in [2.45, 2.75) is 5.03 Å². The SMILES string of the molecule is CSc1nn(-c2ccc(Cl)cc2)c(N)c1C(N)=O. The molecule has 0 aliphatic rings. The van der Waals surface area contributed by atoms with Crippen LogP contribution in [0.2, 0.25) is 5.02 Å². The number of anilines is 1. The van der Waals surface area contributed by atoms with Gasteiger partial charge in [0.15, 0.2) is 0 Å². The zero-order chi connectivity index (χ0) is 13.3. The first-order valence-corrected chi connectivity index (χ1v) is 6.63. The Hall–Kier alpha value is -1.66. The predicted octanol–water partition coefficient (Wildman–Crippen LogP) is 1.93. The van der Waals surface area contributed by atoms with E-state index in [0.717, 1.165) is 5.69 Å². The minimum absolute atomic E-state index is 0.231. The summed E-state index contributed by atoms with van der Waals surface area (Å²) in [6.45, 7) is 0. The number of amides is 1. The van der Waals surface area contributed by atoms with Crippen LogP contribution in [0.5, 0.6) is 0 Å². The maximum atomic E-state index is 11.4. The lowest BCUT2D eigenvalue weighted by Crippen LogP contribution is -2.14. The van der Waals surface area contributed by atoms with E-state index in [1.807, 2.05) is 0 Å². The molecule has 0 aliphatic heterocycles. The van der Waals surface area contributed by atoms with Gasteiger partial charge in [-0.2, -0.15) is 5.10 Å². The number of primary amides is 1. The van der Waals surface area contributed by atoms with Gasteiger partial charge in [-0.05, 0) is 30.5 Å². The molecule has 94 valence electrons. The first kappa shape index (κ1) is 12.8. The van der Waals surface area contributed by atoms with Crippen molar-refractivity contribution < 1.29 is 4.79 Å². The van der Waals surface area contributed by atoms with E-state index in [-0.39, 0.29) is 11.4 Å². The van der Waals surface area contributed by atoms with E-state index in [1.54, 1.807) is 30.5 Å². The Morgan fingerprint density at radius 3 is 2.44 bits per heavy atom. The lowest BCUT2D eigenvalue weighted by Gasteiger charge is -2.03. The zero-order valence-corrected chi connectivity index (χ0v) is 11.1. The van der Waals surface area contributed by atoms with Crippen LogP contribution in [0.3, 0.4) is 0 Å². The molecule has 0 radical (unpaired) electrons. The third-order valence-electron chi connectivity index (χ3n) is 2.40. The van der Waals surface area contributed by atoms with E-state index in [2.05, 4.69) is 5.10 Å². The number of hydrogen-bond acceptors (Lipinski definition) is 4. The number of rotatable bonds is 3. The monoisotopic (exact) mass is 282 g/mol. The number of thioether (sulfide) groups is 1. The minimum Gasteiger partial charge on any atom is -0.383 e. The average molecular weight is 283 g/mol. The van der Waals surface area contributed by atoms with Gasteiger partial charge < -0.3 is 11.5 Å². The summed E-state index contributed by atoms with van der Waals surface area (Å²) in [6, 6.07) is 6.97. The summed E-state index contributed by atoms with van der Waals surface area (Å²) >= 11 is 7.13. The first-order valence-electron chi connectivity index (χ1n) is 5.03. The normalized spacial score (nSPS) is 10.6. The van der Waals surface area contributed by atoms with Crippen molar-refractivity contribution in [1.29, 1.82) is 0 Å². The van der Waals surface area contributed by atoms with Crippen LogP contribution in [0, 0.1) is 0 Å². The molecule has 1 heterocycles. The summed E-state index contributed by atoms with van der Waals surface area (Å²) in [5.74, 6) is -0.355. The van der Waals surface area contributed by atoms with Crippen molar-refractivity contribution in [2.75, 3.05) is 12.0 Å². The number of nitrogen functional groups attached to an aromatic ring is 1. The van der Waals surface area contributed by atoms with Gasteiger partial charge in [0.25, 0.3) is 5.91 Å². The van der Waals surface area contributed by atoms with Crippen molar-refractivity contribution in [3.63, 3.8) is 0 Å². The molecule has 4 N–H and O–H groups in total. The van der Waals surface area contributed by atoms with Gasteiger partial charge in [0.1, 0.15) is 16.4 Å². The van der Waals surface area contributed by atoms with Gasteiger partial charge in [0, 0.05) is 5.02 Å². The molecule has 5 nitrogen and oxygen atoms in total. The van der Waals surface area contributed by atoms with Crippen molar-refractivity contribution in [1.82, 2.24) is 9.78 Å². The van der Waals surface area contributed by atoms with E-state index < -0.39 is 5.91 Å². The molecule has 0 spiro atoms. The molecule has 7 heteroatoms. The highest BCUT2D eigenvalue weighted by Crippen LogP contribution is 2.27. The minimum atomic E-state index is -0.586. The lowest BCUT2D eigenvalue weighted by molar-refractivity contribution is 0.0998. The maximum Gasteiger partial charge on any atom is 0.255 e. The van der Waals surface area contributed by atoms with Crippen LogP contribution in [-0.4, -0.2) is 21.9 Å². The third-order valence-corrected chi connectivity index (χ3v) is 3.32. The number of carbonyl (C=O) groups excluding carboxylic acids is 1. The third kappa shape index (κ3) is 2.16. The number of carbonyl (C=O) groups is 1. The van der Waals surface area contributed by atoms with E-state index in [4.69, 9.17) is 23.1 Å². The summed E-state index contributed by atoms with van der Waals surface area (Å²) in [6.07, 6.45) is 1.81. The quantitative estimate of drug-likeness (QED) is 0.842. The first-order chi connectivity index (χ1) is 8.54. The number of nitrogens with zero attached hydrogens (tertiary/aromatic N) is 2. The molecule has 0 bridgehead atoms. The fraction of sp³-hybridized carbons (Fsp3) is 0.0909. The van der Waals surface area contributed by atoms with Crippen LogP contribution in [-0.2, 0) is 0 Å². The van der Waals surface area contributed by atoms with Crippen LogP contribution in [0.15, 0.2) is 29.3 Å². The Labute approximate surface area is 113 Å². The fourth-order valence-electron chi connectivity index (χ4n) is 1.56. The highest BCUT2D eigenvalue weighted by Gasteiger charge is 2.20. The molecule has 0 saturated heterocycles. The predicted molar refractivity (Wildman–Crippen MR) is 73.3 cm³/mol. The largest absolute Gasteiger partial charge is 0.383 e. The summed E-state index contributed by atoms with van der Waals surface area (Å²) in [5.41, 5.74) is 12.2. The number of nitrogens with two attached hydrogens (primary N) is 2. The summed E-state index contributed by atoms with van der Waals surface area (Å²) in [5, 5.41) is 5.38. The van der Waals surface area contributed by atoms with E-state index >= 15 is 0 Å². The molecule has 0 fully saturated rings. The second-order valence-electron chi connectivity index (χ2n) is 3.52. The van der Waals surface area contributed by atoms with Crippen molar-refractivity contribution in [3.05, 3.63) is 34.9 Å². The molecular formula is C11H11ClN4OS. The molecular weight excluding hydrogens is 272 g/mol. The standard InChI is InChI=1S/C11H11ClN4OS/c1-18-11-8(10(14)17)9(13)16(15-11)7-4-2-6(12)3-5-7/h2-5H,13H2,1H3,(H2,14,17). The summed E-state index contributed by atoms with van der Waals surface area (Å²) in [4.78, 5) is 11.4. The van der Waals surface area contributed by atoms with Gasteiger partial charge in [0.2, 0.25) is 0 Å². The number of hydrogen-bond donors (Lipinski definition) is 2. The Kier molecular flexibility index (Phi) is 3.49. The average Bonchev–Trinajstić information content (AvgIpc) is 2.67. The van der Waals surface area contributed by atoms with E-state index in [9.17, 15) is 4.79 Å². The Morgan fingerprint density at radius 1 is 1.39 bits per heavy atom. The Bertz CT molecular complexity index is 594. The van der Waals surface area contributed by atoms with Gasteiger partial charge in [-0.15, -0.1) is 11.8 Å². The second kappa shape index (κ2) is 4.91. The van der Waals surface area contributed by atoms with Crippen LogP contribution < -0.4 is 11.5 Å². The van der Waals surface area contributed by atoms with Gasteiger partial charge >= 0.3 is 0 Å². The molecule has 0 atom stereocenters. The molecule has 0 saturated carbocycles. The molecule has 18 heavy (non-hydrogen) atoms. The van der Waals surface area contributed by atoms with Gasteiger partial charge in [-0.3, -0.25) is 4.79 Å². The van der Waals surface area contributed by atoms with Crippen LogP contribution in [0.4, 0.5) is 5.82 Å². The van der Waals surface area contributed by atoms with Crippen LogP contribution >= 0.6 is 23.4 Å². The summed E-state index contributed by atoms with van der Waals surface area (Å²) < 4.78 is 1.47. The smallest absolute Gasteiger partial charge is 0.255 e. The number of aromatic nitrogens is 2. The lowest BCUT2D eigenvalue weighted by atomic mass is 10.3. The molecule has 2 aromatic rings. The van der Waals surface area contributed by atoms with Crippen molar-refractivity contribution >= 4 is 35.1 Å². The second-order valence-corrected chi connectivity index (χ2v) is 4.75. The maximum absolute atomic E-state index is 11.4. The Morgan fingerprint density at radius 2 is 2.00 bits per heavy atom. The number of benzene rings is 1. The fourth-order valence-corrected chi connectivity index (χ4v) is 2.26.